The van der Waals surface area contributed by atoms with Crippen LogP contribution in [-0.4, -0.2) is 21.0 Å². The summed E-state index contributed by atoms with van der Waals surface area (Å²) in [4.78, 5) is 24.6. The van der Waals surface area contributed by atoms with Crippen molar-refractivity contribution in [2.45, 2.75) is 0 Å². The molecule has 0 saturated carbocycles. The first-order valence-electron chi connectivity index (χ1n) is 5.19. The van der Waals surface area contributed by atoms with Gasteiger partial charge in [-0.05, 0) is 12.1 Å². The predicted molar refractivity (Wildman–Crippen MR) is 64.4 cm³/mol. The number of pyridine rings is 1. The van der Waals surface area contributed by atoms with E-state index in [9.17, 15) is 14.9 Å². The van der Waals surface area contributed by atoms with Crippen molar-refractivity contribution in [1.29, 1.82) is 0 Å². The highest BCUT2D eigenvalue weighted by molar-refractivity contribution is 5.85. The van der Waals surface area contributed by atoms with E-state index < -0.39 is 10.9 Å². The Hall–Kier alpha value is -2.96. The zero-order valence-corrected chi connectivity index (χ0v) is 9.52. The number of ether oxygens (including phenoxy) is 1. The van der Waals surface area contributed by atoms with Crippen LogP contribution < -0.4 is 4.74 Å². The molecule has 7 heteroatoms. The second-order valence-corrected chi connectivity index (χ2v) is 3.52. The minimum absolute atomic E-state index is 0.0559. The summed E-state index contributed by atoms with van der Waals surface area (Å²) in [6.07, 6.45) is 0. The third-order valence-electron chi connectivity index (χ3n) is 2.19. The fourth-order valence-electron chi connectivity index (χ4n) is 1.37. The van der Waals surface area contributed by atoms with Gasteiger partial charge in [0, 0.05) is 12.1 Å². The maximum atomic E-state index is 10.7. The molecule has 2 aromatic rings. The molecule has 0 fully saturated rings. The summed E-state index contributed by atoms with van der Waals surface area (Å²) in [5.74, 6) is -0.908. The van der Waals surface area contributed by atoms with Gasteiger partial charge in [0.2, 0.25) is 5.88 Å². The lowest BCUT2D eigenvalue weighted by molar-refractivity contribution is -0.384. The molecule has 0 aliphatic heterocycles. The molecule has 2 rings (SSSR count). The van der Waals surface area contributed by atoms with E-state index in [1.54, 1.807) is 0 Å². The van der Waals surface area contributed by atoms with Gasteiger partial charge in [-0.25, -0.2) is 9.78 Å². The van der Waals surface area contributed by atoms with Crippen LogP contribution in [0.2, 0.25) is 0 Å². The highest BCUT2D eigenvalue weighted by Gasteiger charge is 2.09. The molecule has 0 spiro atoms. The van der Waals surface area contributed by atoms with E-state index in [-0.39, 0.29) is 23.0 Å². The van der Waals surface area contributed by atoms with Crippen LogP contribution in [0.5, 0.6) is 11.6 Å². The third-order valence-corrected chi connectivity index (χ3v) is 2.19. The molecule has 0 atom stereocenters. The molecule has 1 heterocycles. The number of nitro groups is 1. The van der Waals surface area contributed by atoms with E-state index in [1.807, 2.05) is 0 Å². The predicted octanol–water partition coefficient (Wildman–Crippen LogP) is 2.48. The second-order valence-electron chi connectivity index (χ2n) is 3.52. The fourth-order valence-corrected chi connectivity index (χ4v) is 1.37. The highest BCUT2D eigenvalue weighted by Crippen LogP contribution is 2.23. The molecule has 0 unspecified atom stereocenters. The molecule has 1 aromatic heterocycles. The summed E-state index contributed by atoms with van der Waals surface area (Å²) < 4.78 is 5.28. The van der Waals surface area contributed by atoms with Gasteiger partial charge in [0.15, 0.2) is 5.69 Å². The fraction of sp³-hybridized carbons (Fsp3) is 0. The average Bonchev–Trinajstić information content (AvgIpc) is 2.39. The van der Waals surface area contributed by atoms with Gasteiger partial charge < -0.3 is 9.84 Å². The number of hydrogen-bond acceptors (Lipinski definition) is 5. The molecular weight excluding hydrogens is 252 g/mol. The van der Waals surface area contributed by atoms with Crippen molar-refractivity contribution in [2.24, 2.45) is 0 Å². The van der Waals surface area contributed by atoms with Gasteiger partial charge in [-0.3, -0.25) is 10.1 Å². The zero-order chi connectivity index (χ0) is 13.8. The van der Waals surface area contributed by atoms with E-state index in [2.05, 4.69) is 4.98 Å². The Morgan fingerprint density at radius 3 is 2.68 bits per heavy atom. The lowest BCUT2D eigenvalue weighted by Gasteiger charge is -2.04. The van der Waals surface area contributed by atoms with Crippen LogP contribution in [0.1, 0.15) is 10.5 Å². The lowest BCUT2D eigenvalue weighted by Crippen LogP contribution is -2.00. The molecule has 0 amide bonds. The lowest BCUT2D eigenvalue weighted by atomic mass is 10.3. The minimum atomic E-state index is -1.18. The Morgan fingerprint density at radius 1 is 1.26 bits per heavy atom. The number of nitro benzene ring substituents is 1. The van der Waals surface area contributed by atoms with Crippen LogP contribution >= 0.6 is 0 Å². The van der Waals surface area contributed by atoms with Crippen molar-refractivity contribution in [3.8, 4) is 11.6 Å². The molecule has 0 saturated heterocycles. The monoisotopic (exact) mass is 260 g/mol. The van der Waals surface area contributed by atoms with E-state index >= 15 is 0 Å². The third kappa shape index (κ3) is 3.03. The quantitative estimate of drug-likeness (QED) is 0.669. The molecule has 0 aliphatic carbocycles. The van der Waals surface area contributed by atoms with Gasteiger partial charge in [-0.15, -0.1) is 0 Å². The topological polar surface area (TPSA) is 103 Å². The summed E-state index contributed by atoms with van der Waals surface area (Å²) >= 11 is 0. The summed E-state index contributed by atoms with van der Waals surface area (Å²) in [7, 11) is 0. The summed E-state index contributed by atoms with van der Waals surface area (Å²) in [6.45, 7) is 0. The summed E-state index contributed by atoms with van der Waals surface area (Å²) in [5.41, 5.74) is -0.283. The SMILES string of the molecule is O=C(O)c1cccc(Oc2cccc([N+](=O)[O-])c2)n1. The average molecular weight is 260 g/mol. The number of carboxylic acids is 1. The Kier molecular flexibility index (Phi) is 3.37. The Labute approximate surface area is 107 Å². The standard InChI is InChI=1S/C12H8N2O5/c15-12(16)10-5-2-6-11(13-10)19-9-4-1-3-8(7-9)14(17)18/h1-7H,(H,15,16). The van der Waals surface area contributed by atoms with Crippen LogP contribution in [-0.2, 0) is 0 Å². The van der Waals surface area contributed by atoms with Gasteiger partial charge in [-0.2, -0.15) is 0 Å². The first-order chi connectivity index (χ1) is 9.06. The Balaban J connectivity index is 2.26. The number of hydrogen-bond donors (Lipinski definition) is 1. The Bertz CT molecular complexity index is 586. The van der Waals surface area contributed by atoms with E-state index in [4.69, 9.17) is 9.84 Å². The largest absolute Gasteiger partial charge is 0.477 e. The molecule has 0 radical (unpaired) electrons. The van der Waals surface area contributed by atoms with Gasteiger partial charge in [0.05, 0.1) is 11.0 Å². The first kappa shape index (κ1) is 12.5. The Morgan fingerprint density at radius 2 is 2.00 bits per heavy atom. The van der Waals surface area contributed by atoms with Gasteiger partial charge >= 0.3 is 5.97 Å². The number of non-ortho nitro benzene ring substituents is 1. The number of aromatic carboxylic acids is 1. The number of carboxylic acid groups (broad SMARTS) is 1. The molecule has 1 N–H and O–H groups in total. The molecule has 0 aliphatic rings. The number of benzene rings is 1. The van der Waals surface area contributed by atoms with Gasteiger partial charge in [0.1, 0.15) is 5.75 Å². The smallest absolute Gasteiger partial charge is 0.354 e. The van der Waals surface area contributed by atoms with Crippen LogP contribution in [0.15, 0.2) is 42.5 Å². The maximum Gasteiger partial charge on any atom is 0.354 e. The minimum Gasteiger partial charge on any atom is -0.477 e. The molecule has 1 aromatic carbocycles. The summed E-state index contributed by atoms with van der Waals surface area (Å²) in [6, 6.07) is 9.80. The number of nitrogens with zero attached hydrogens (tertiary/aromatic N) is 2. The van der Waals surface area contributed by atoms with Crippen molar-refractivity contribution in [2.75, 3.05) is 0 Å². The molecule has 19 heavy (non-hydrogen) atoms. The maximum absolute atomic E-state index is 10.7. The molecule has 0 bridgehead atoms. The second kappa shape index (κ2) is 5.13. The first-order valence-corrected chi connectivity index (χ1v) is 5.19. The van der Waals surface area contributed by atoms with Crippen LogP contribution in [0.3, 0.4) is 0 Å². The molecular formula is C12H8N2O5. The van der Waals surface area contributed by atoms with Crippen LogP contribution in [0.25, 0.3) is 0 Å². The van der Waals surface area contributed by atoms with Crippen molar-refractivity contribution < 1.29 is 19.6 Å². The van der Waals surface area contributed by atoms with E-state index in [1.165, 1.54) is 42.5 Å². The van der Waals surface area contributed by atoms with Crippen molar-refractivity contribution >= 4 is 11.7 Å². The summed E-state index contributed by atoms with van der Waals surface area (Å²) in [5, 5.41) is 19.4. The number of aromatic nitrogens is 1. The highest BCUT2D eigenvalue weighted by atomic mass is 16.6. The van der Waals surface area contributed by atoms with E-state index in [0.717, 1.165) is 0 Å². The zero-order valence-electron chi connectivity index (χ0n) is 9.52. The normalized spacial score (nSPS) is 9.89. The van der Waals surface area contributed by atoms with Crippen LogP contribution in [0, 0.1) is 10.1 Å². The van der Waals surface area contributed by atoms with Crippen molar-refractivity contribution in [3.05, 3.63) is 58.3 Å². The van der Waals surface area contributed by atoms with Crippen molar-refractivity contribution in [3.63, 3.8) is 0 Å². The number of rotatable bonds is 4. The van der Waals surface area contributed by atoms with E-state index in [0.29, 0.717) is 0 Å². The van der Waals surface area contributed by atoms with Crippen molar-refractivity contribution in [1.82, 2.24) is 4.98 Å². The molecule has 7 nitrogen and oxygen atoms in total. The molecule has 96 valence electrons. The van der Waals surface area contributed by atoms with Crippen LogP contribution in [0.4, 0.5) is 5.69 Å². The van der Waals surface area contributed by atoms with Gasteiger partial charge in [-0.1, -0.05) is 12.1 Å². The number of carbonyl (C=O) groups is 1. The van der Waals surface area contributed by atoms with Gasteiger partial charge in [0.25, 0.3) is 5.69 Å².